The van der Waals surface area contributed by atoms with Crippen molar-refractivity contribution in [3.8, 4) is 0 Å². The van der Waals surface area contributed by atoms with Crippen LogP contribution < -0.4 is 15.5 Å². The van der Waals surface area contributed by atoms with Crippen molar-refractivity contribution in [1.29, 1.82) is 0 Å². The van der Waals surface area contributed by atoms with E-state index in [4.69, 9.17) is 10.5 Å². The second-order valence-corrected chi connectivity index (χ2v) is 4.90. The summed E-state index contributed by atoms with van der Waals surface area (Å²) in [6.07, 6.45) is 3.72. The van der Waals surface area contributed by atoms with Gasteiger partial charge in [0.05, 0.1) is 0 Å². The molecular formula is C13H23N5O. The lowest BCUT2D eigenvalue weighted by Gasteiger charge is -2.32. The Labute approximate surface area is 114 Å². The van der Waals surface area contributed by atoms with Gasteiger partial charge in [0.15, 0.2) is 0 Å². The molecule has 106 valence electrons. The molecule has 0 aromatic carbocycles. The first kappa shape index (κ1) is 14.0. The molecule has 1 saturated heterocycles. The van der Waals surface area contributed by atoms with Crippen molar-refractivity contribution in [2.75, 3.05) is 50.2 Å². The highest BCUT2D eigenvalue weighted by molar-refractivity contribution is 5.49. The van der Waals surface area contributed by atoms with Crippen LogP contribution in [0.5, 0.6) is 0 Å². The number of hydrogen-bond donors (Lipinski definition) is 1. The number of likely N-dealkylation sites (N-methyl/N-ethyl adjacent to an activating group) is 1. The van der Waals surface area contributed by atoms with Crippen molar-refractivity contribution in [1.82, 2.24) is 9.97 Å². The summed E-state index contributed by atoms with van der Waals surface area (Å²) in [6.45, 7) is 3.07. The third kappa shape index (κ3) is 3.54. The molecule has 1 aliphatic heterocycles. The zero-order chi connectivity index (χ0) is 13.7. The van der Waals surface area contributed by atoms with Gasteiger partial charge in [-0.25, -0.2) is 9.97 Å². The molecule has 0 saturated carbocycles. The Kier molecular flexibility index (Phi) is 4.93. The Hall–Kier alpha value is -1.40. The maximum Gasteiger partial charge on any atom is 0.134 e. The maximum absolute atomic E-state index is 5.57. The van der Waals surface area contributed by atoms with E-state index in [1.54, 1.807) is 6.33 Å². The van der Waals surface area contributed by atoms with Gasteiger partial charge in [-0.3, -0.25) is 0 Å². The number of anilines is 2. The van der Waals surface area contributed by atoms with Gasteiger partial charge in [-0.05, 0) is 12.8 Å². The van der Waals surface area contributed by atoms with E-state index in [1.165, 1.54) is 0 Å². The molecule has 2 rings (SSSR count). The summed E-state index contributed by atoms with van der Waals surface area (Å²) in [5.74, 6) is 1.87. The third-order valence-corrected chi connectivity index (χ3v) is 3.59. The average molecular weight is 265 g/mol. The van der Waals surface area contributed by atoms with Gasteiger partial charge in [0.2, 0.25) is 0 Å². The Bertz CT molecular complexity index is 394. The van der Waals surface area contributed by atoms with E-state index in [2.05, 4.69) is 21.9 Å². The fourth-order valence-electron chi connectivity index (χ4n) is 2.31. The standard InChI is InChI=1S/C13H23N5O/c1-17(6-5-14)12-9-13(16-10-15-12)18(2)11-3-7-19-8-4-11/h9-11H,3-8,14H2,1-2H3. The molecule has 1 fully saturated rings. The molecule has 1 aliphatic rings. The van der Waals surface area contributed by atoms with Crippen LogP contribution in [0.2, 0.25) is 0 Å². The van der Waals surface area contributed by atoms with Gasteiger partial charge in [-0.2, -0.15) is 0 Å². The van der Waals surface area contributed by atoms with Crippen LogP contribution >= 0.6 is 0 Å². The SMILES string of the molecule is CN(CCN)c1cc(N(C)C2CCOCC2)ncn1. The zero-order valence-corrected chi connectivity index (χ0v) is 11.7. The fourth-order valence-corrected chi connectivity index (χ4v) is 2.31. The van der Waals surface area contributed by atoms with E-state index < -0.39 is 0 Å². The molecule has 6 nitrogen and oxygen atoms in total. The van der Waals surface area contributed by atoms with Crippen molar-refractivity contribution >= 4 is 11.6 Å². The summed E-state index contributed by atoms with van der Waals surface area (Å²) in [6, 6.07) is 2.52. The van der Waals surface area contributed by atoms with Crippen LogP contribution in [0.1, 0.15) is 12.8 Å². The smallest absolute Gasteiger partial charge is 0.134 e. The zero-order valence-electron chi connectivity index (χ0n) is 11.7. The number of rotatable bonds is 5. The summed E-state index contributed by atoms with van der Waals surface area (Å²) in [5, 5.41) is 0. The first-order valence-corrected chi connectivity index (χ1v) is 6.76. The lowest BCUT2D eigenvalue weighted by Crippen LogP contribution is -2.37. The molecule has 0 spiro atoms. The minimum Gasteiger partial charge on any atom is -0.381 e. The second kappa shape index (κ2) is 6.68. The highest BCUT2D eigenvalue weighted by atomic mass is 16.5. The normalized spacial score (nSPS) is 16.4. The first-order chi connectivity index (χ1) is 9.22. The maximum atomic E-state index is 5.57. The predicted molar refractivity (Wildman–Crippen MR) is 76.6 cm³/mol. The minimum atomic E-state index is 0.497. The fraction of sp³-hybridized carbons (Fsp3) is 0.692. The summed E-state index contributed by atoms with van der Waals surface area (Å²) >= 11 is 0. The molecule has 1 aromatic rings. The van der Waals surface area contributed by atoms with Crippen LogP contribution in [-0.2, 0) is 4.74 Å². The Morgan fingerprint density at radius 2 is 1.95 bits per heavy atom. The molecule has 6 heteroatoms. The van der Waals surface area contributed by atoms with Crippen molar-refractivity contribution < 1.29 is 4.74 Å². The van der Waals surface area contributed by atoms with Gasteiger partial charge in [-0.1, -0.05) is 0 Å². The highest BCUT2D eigenvalue weighted by Crippen LogP contribution is 2.21. The van der Waals surface area contributed by atoms with Gasteiger partial charge < -0.3 is 20.3 Å². The number of nitrogens with two attached hydrogens (primary N) is 1. The Balaban J connectivity index is 2.08. The number of aromatic nitrogens is 2. The van der Waals surface area contributed by atoms with Crippen molar-refractivity contribution in [3.63, 3.8) is 0 Å². The number of hydrogen-bond acceptors (Lipinski definition) is 6. The highest BCUT2D eigenvalue weighted by Gasteiger charge is 2.20. The summed E-state index contributed by atoms with van der Waals surface area (Å²) in [7, 11) is 4.08. The van der Waals surface area contributed by atoms with E-state index >= 15 is 0 Å². The average Bonchev–Trinajstić information content (AvgIpc) is 2.48. The van der Waals surface area contributed by atoms with E-state index in [-0.39, 0.29) is 0 Å². The Morgan fingerprint density at radius 1 is 1.26 bits per heavy atom. The molecule has 0 aliphatic carbocycles. The molecule has 0 amide bonds. The molecular weight excluding hydrogens is 242 g/mol. The monoisotopic (exact) mass is 265 g/mol. The van der Waals surface area contributed by atoms with E-state index in [9.17, 15) is 0 Å². The predicted octanol–water partition coefficient (Wildman–Crippen LogP) is 0.487. The molecule has 0 bridgehead atoms. The van der Waals surface area contributed by atoms with Gasteiger partial charge in [0, 0.05) is 52.5 Å². The second-order valence-electron chi connectivity index (χ2n) is 4.90. The molecule has 2 heterocycles. The molecule has 0 unspecified atom stereocenters. The largest absolute Gasteiger partial charge is 0.381 e. The van der Waals surface area contributed by atoms with Crippen LogP contribution in [0.4, 0.5) is 11.6 Å². The summed E-state index contributed by atoms with van der Waals surface area (Å²) in [5.41, 5.74) is 5.57. The summed E-state index contributed by atoms with van der Waals surface area (Å²) < 4.78 is 5.40. The minimum absolute atomic E-state index is 0.497. The van der Waals surface area contributed by atoms with Crippen molar-refractivity contribution in [2.45, 2.75) is 18.9 Å². The van der Waals surface area contributed by atoms with E-state index in [1.807, 2.05) is 18.0 Å². The topological polar surface area (TPSA) is 67.5 Å². The van der Waals surface area contributed by atoms with Crippen molar-refractivity contribution in [2.24, 2.45) is 5.73 Å². The van der Waals surface area contributed by atoms with E-state index in [0.717, 1.165) is 44.2 Å². The summed E-state index contributed by atoms with van der Waals surface area (Å²) in [4.78, 5) is 12.9. The van der Waals surface area contributed by atoms with Crippen LogP contribution in [-0.4, -0.2) is 56.4 Å². The first-order valence-electron chi connectivity index (χ1n) is 6.76. The number of nitrogens with zero attached hydrogens (tertiary/aromatic N) is 4. The quantitative estimate of drug-likeness (QED) is 0.835. The van der Waals surface area contributed by atoms with Crippen LogP contribution in [0, 0.1) is 0 Å². The van der Waals surface area contributed by atoms with Crippen LogP contribution in [0.3, 0.4) is 0 Å². The Morgan fingerprint density at radius 3 is 2.63 bits per heavy atom. The molecule has 0 radical (unpaired) electrons. The lowest BCUT2D eigenvalue weighted by atomic mass is 10.1. The molecule has 19 heavy (non-hydrogen) atoms. The van der Waals surface area contributed by atoms with Crippen molar-refractivity contribution in [3.05, 3.63) is 12.4 Å². The van der Waals surface area contributed by atoms with Gasteiger partial charge in [-0.15, -0.1) is 0 Å². The molecule has 0 atom stereocenters. The lowest BCUT2D eigenvalue weighted by molar-refractivity contribution is 0.0853. The third-order valence-electron chi connectivity index (χ3n) is 3.59. The van der Waals surface area contributed by atoms with Gasteiger partial charge >= 0.3 is 0 Å². The van der Waals surface area contributed by atoms with Gasteiger partial charge in [0.25, 0.3) is 0 Å². The number of ether oxygens (including phenoxy) is 1. The van der Waals surface area contributed by atoms with Crippen LogP contribution in [0.25, 0.3) is 0 Å². The molecule has 2 N–H and O–H groups in total. The van der Waals surface area contributed by atoms with E-state index in [0.29, 0.717) is 12.6 Å². The van der Waals surface area contributed by atoms with Gasteiger partial charge in [0.1, 0.15) is 18.0 Å². The van der Waals surface area contributed by atoms with Crippen LogP contribution in [0.15, 0.2) is 12.4 Å². The molecule has 1 aromatic heterocycles.